The summed E-state index contributed by atoms with van der Waals surface area (Å²) in [6.07, 6.45) is 2.55. The zero-order chi connectivity index (χ0) is 22.5. The van der Waals surface area contributed by atoms with Crippen LogP contribution < -0.4 is 5.32 Å². The standard InChI is InChI=1S/C24H27N5O3/c1-3-32-24(31)23-21-16-28(14-18-7-9-19(10-8-18)26-17(2)30)13-11-22(21)29(27-23)15-20-6-4-5-12-25-20/h4-10,12H,3,11,13-16H2,1-2H3,(H,26,30). The highest BCUT2D eigenvalue weighted by Gasteiger charge is 2.29. The van der Waals surface area contributed by atoms with Gasteiger partial charge in [0.2, 0.25) is 5.91 Å². The second kappa shape index (κ2) is 9.74. The van der Waals surface area contributed by atoms with Crippen LogP contribution in [-0.2, 0) is 35.6 Å². The fraction of sp³-hybridized carbons (Fsp3) is 0.333. The number of fused-ring (bicyclic) bond motifs is 1. The van der Waals surface area contributed by atoms with Crippen molar-refractivity contribution in [1.82, 2.24) is 19.7 Å². The van der Waals surface area contributed by atoms with Crippen molar-refractivity contribution in [3.05, 3.63) is 76.9 Å². The summed E-state index contributed by atoms with van der Waals surface area (Å²) in [5.41, 5.74) is 5.21. The average molecular weight is 434 g/mol. The summed E-state index contributed by atoms with van der Waals surface area (Å²) >= 11 is 0. The van der Waals surface area contributed by atoms with E-state index in [9.17, 15) is 9.59 Å². The van der Waals surface area contributed by atoms with Gasteiger partial charge < -0.3 is 10.1 Å². The molecule has 0 saturated heterocycles. The van der Waals surface area contributed by atoms with Gasteiger partial charge in [-0.05, 0) is 36.8 Å². The van der Waals surface area contributed by atoms with Crippen molar-refractivity contribution in [2.45, 2.75) is 39.9 Å². The number of carbonyl (C=O) groups excluding carboxylic acids is 2. The molecule has 0 fully saturated rings. The van der Waals surface area contributed by atoms with Crippen LogP contribution in [0, 0.1) is 0 Å². The van der Waals surface area contributed by atoms with Crippen LogP contribution in [-0.4, -0.2) is 44.7 Å². The van der Waals surface area contributed by atoms with E-state index in [1.165, 1.54) is 6.92 Å². The highest BCUT2D eigenvalue weighted by molar-refractivity contribution is 5.89. The zero-order valence-electron chi connectivity index (χ0n) is 18.4. The summed E-state index contributed by atoms with van der Waals surface area (Å²) in [6.45, 7) is 6.35. The number of aromatic nitrogens is 3. The van der Waals surface area contributed by atoms with E-state index in [0.29, 0.717) is 25.4 Å². The molecule has 0 saturated carbocycles. The van der Waals surface area contributed by atoms with Crippen molar-refractivity contribution in [3.8, 4) is 0 Å². The molecule has 0 aliphatic carbocycles. The third kappa shape index (κ3) is 5.03. The quantitative estimate of drug-likeness (QED) is 0.576. The van der Waals surface area contributed by atoms with Gasteiger partial charge in [-0.3, -0.25) is 19.4 Å². The molecule has 1 amide bonds. The fourth-order valence-corrected chi connectivity index (χ4v) is 3.98. The second-order valence-electron chi connectivity index (χ2n) is 7.81. The lowest BCUT2D eigenvalue weighted by atomic mass is 10.0. The van der Waals surface area contributed by atoms with E-state index in [2.05, 4.69) is 20.3 Å². The van der Waals surface area contributed by atoms with Gasteiger partial charge in [0, 0.05) is 56.1 Å². The van der Waals surface area contributed by atoms with Gasteiger partial charge >= 0.3 is 5.97 Å². The molecule has 0 spiro atoms. The smallest absolute Gasteiger partial charge is 0.359 e. The number of rotatable bonds is 7. The molecule has 8 heteroatoms. The Morgan fingerprint density at radius 3 is 2.62 bits per heavy atom. The summed E-state index contributed by atoms with van der Waals surface area (Å²) in [5.74, 6) is -0.472. The number of nitrogens with one attached hydrogen (secondary N) is 1. The van der Waals surface area contributed by atoms with Crippen LogP contribution >= 0.6 is 0 Å². The van der Waals surface area contributed by atoms with Crippen molar-refractivity contribution in [3.63, 3.8) is 0 Å². The molecule has 0 bridgehead atoms. The Kier molecular flexibility index (Phi) is 6.61. The maximum atomic E-state index is 12.6. The molecule has 0 atom stereocenters. The number of pyridine rings is 1. The zero-order valence-corrected chi connectivity index (χ0v) is 18.4. The number of hydrogen-bond acceptors (Lipinski definition) is 6. The Hall–Kier alpha value is -3.52. The normalized spacial score (nSPS) is 13.4. The lowest BCUT2D eigenvalue weighted by Crippen LogP contribution is -2.31. The van der Waals surface area contributed by atoms with Crippen LogP contribution in [0.4, 0.5) is 5.69 Å². The van der Waals surface area contributed by atoms with Gasteiger partial charge in [0.05, 0.1) is 18.8 Å². The maximum Gasteiger partial charge on any atom is 0.359 e. The summed E-state index contributed by atoms with van der Waals surface area (Å²) in [4.78, 5) is 30.5. The molecular formula is C24H27N5O3. The predicted octanol–water partition coefficient (Wildman–Crippen LogP) is 3.02. The van der Waals surface area contributed by atoms with E-state index in [0.717, 1.165) is 47.7 Å². The number of hydrogen-bond donors (Lipinski definition) is 1. The summed E-state index contributed by atoms with van der Waals surface area (Å²) in [6, 6.07) is 13.6. The third-order valence-electron chi connectivity index (χ3n) is 5.40. The summed E-state index contributed by atoms with van der Waals surface area (Å²) in [5, 5.41) is 7.40. The van der Waals surface area contributed by atoms with Crippen LogP contribution in [0.25, 0.3) is 0 Å². The fourth-order valence-electron chi connectivity index (χ4n) is 3.98. The Bertz CT molecular complexity index is 1090. The van der Waals surface area contributed by atoms with Gasteiger partial charge in [0.25, 0.3) is 0 Å². The molecule has 1 N–H and O–H groups in total. The van der Waals surface area contributed by atoms with Crippen molar-refractivity contribution in [1.29, 1.82) is 0 Å². The predicted molar refractivity (Wildman–Crippen MR) is 120 cm³/mol. The minimum Gasteiger partial charge on any atom is -0.461 e. The molecule has 2 aromatic heterocycles. The van der Waals surface area contributed by atoms with Crippen LogP contribution in [0.1, 0.15) is 46.9 Å². The number of esters is 1. The van der Waals surface area contributed by atoms with Crippen LogP contribution in [0.5, 0.6) is 0 Å². The Morgan fingerprint density at radius 1 is 1.12 bits per heavy atom. The number of carbonyl (C=O) groups is 2. The van der Waals surface area contributed by atoms with E-state index < -0.39 is 0 Å². The van der Waals surface area contributed by atoms with E-state index in [-0.39, 0.29) is 11.9 Å². The van der Waals surface area contributed by atoms with Gasteiger partial charge in [0.15, 0.2) is 5.69 Å². The molecule has 32 heavy (non-hydrogen) atoms. The lowest BCUT2D eigenvalue weighted by Gasteiger charge is -2.27. The lowest BCUT2D eigenvalue weighted by molar-refractivity contribution is -0.114. The third-order valence-corrected chi connectivity index (χ3v) is 5.40. The van der Waals surface area contributed by atoms with Crippen molar-refractivity contribution in [2.75, 3.05) is 18.5 Å². The number of benzene rings is 1. The van der Waals surface area contributed by atoms with E-state index in [4.69, 9.17) is 4.74 Å². The first-order chi connectivity index (χ1) is 15.5. The van der Waals surface area contributed by atoms with Crippen molar-refractivity contribution in [2.24, 2.45) is 0 Å². The Balaban J connectivity index is 1.54. The highest BCUT2D eigenvalue weighted by Crippen LogP contribution is 2.25. The molecule has 166 valence electrons. The molecule has 3 heterocycles. The molecule has 0 radical (unpaired) electrons. The molecule has 3 aromatic rings. The van der Waals surface area contributed by atoms with Crippen LogP contribution in [0.2, 0.25) is 0 Å². The summed E-state index contributed by atoms with van der Waals surface area (Å²) < 4.78 is 7.16. The Labute approximate surface area is 187 Å². The molecule has 1 aliphatic heterocycles. The largest absolute Gasteiger partial charge is 0.461 e. The molecule has 1 aromatic carbocycles. The van der Waals surface area contributed by atoms with E-state index in [1.807, 2.05) is 47.1 Å². The second-order valence-corrected chi connectivity index (χ2v) is 7.81. The highest BCUT2D eigenvalue weighted by atomic mass is 16.5. The number of ether oxygens (including phenoxy) is 1. The first kappa shape index (κ1) is 21.7. The molecule has 8 nitrogen and oxygen atoms in total. The first-order valence-electron chi connectivity index (χ1n) is 10.8. The molecule has 0 unspecified atom stereocenters. The molecular weight excluding hydrogens is 406 g/mol. The van der Waals surface area contributed by atoms with E-state index in [1.54, 1.807) is 13.1 Å². The SMILES string of the molecule is CCOC(=O)c1nn(Cc2ccccn2)c2c1CN(Cc1ccc(NC(C)=O)cc1)CC2. The number of anilines is 1. The number of amides is 1. The van der Waals surface area contributed by atoms with Gasteiger partial charge in [0.1, 0.15) is 0 Å². The Morgan fingerprint density at radius 2 is 1.94 bits per heavy atom. The van der Waals surface area contributed by atoms with Gasteiger partial charge in [-0.1, -0.05) is 18.2 Å². The topological polar surface area (TPSA) is 89.3 Å². The van der Waals surface area contributed by atoms with Crippen LogP contribution in [0.3, 0.4) is 0 Å². The van der Waals surface area contributed by atoms with Crippen molar-refractivity contribution >= 4 is 17.6 Å². The van der Waals surface area contributed by atoms with Crippen molar-refractivity contribution < 1.29 is 14.3 Å². The summed E-state index contributed by atoms with van der Waals surface area (Å²) in [7, 11) is 0. The van der Waals surface area contributed by atoms with Gasteiger partial charge in [-0.15, -0.1) is 0 Å². The molecule has 4 rings (SSSR count). The average Bonchev–Trinajstić information content (AvgIpc) is 3.13. The van der Waals surface area contributed by atoms with E-state index >= 15 is 0 Å². The van der Waals surface area contributed by atoms with Crippen LogP contribution in [0.15, 0.2) is 48.7 Å². The minimum atomic E-state index is -0.384. The maximum absolute atomic E-state index is 12.6. The first-order valence-corrected chi connectivity index (χ1v) is 10.8. The number of nitrogens with zero attached hydrogens (tertiary/aromatic N) is 4. The minimum absolute atomic E-state index is 0.0875. The van der Waals surface area contributed by atoms with Gasteiger partial charge in [-0.25, -0.2) is 4.79 Å². The van der Waals surface area contributed by atoms with Gasteiger partial charge in [-0.2, -0.15) is 5.10 Å². The molecule has 1 aliphatic rings. The monoisotopic (exact) mass is 433 g/mol.